The highest BCUT2D eigenvalue weighted by Crippen LogP contribution is 2.31. The smallest absolute Gasteiger partial charge is 0.0607 e. The fraction of sp³-hybridized carbons (Fsp3) is 0.385. The third kappa shape index (κ3) is 1.99. The number of rotatable bonds is 2. The first-order valence-corrected chi connectivity index (χ1v) is 5.42. The van der Waals surface area contributed by atoms with Gasteiger partial charge in [0, 0.05) is 19.1 Å². The fourth-order valence-corrected chi connectivity index (χ4v) is 2.01. The van der Waals surface area contributed by atoms with Gasteiger partial charge in [-0.15, -0.1) is 0 Å². The zero-order chi connectivity index (χ0) is 10.8. The summed E-state index contributed by atoms with van der Waals surface area (Å²) in [6, 6.07) is 8.98. The SMILES string of the molecule is C=C(C)CN1c2ccccc2NCC1C. The molecule has 0 fully saturated rings. The Hall–Kier alpha value is -1.44. The van der Waals surface area contributed by atoms with Gasteiger partial charge in [0.05, 0.1) is 11.4 Å². The largest absolute Gasteiger partial charge is 0.381 e. The minimum atomic E-state index is 0.525. The predicted molar refractivity (Wildman–Crippen MR) is 66.6 cm³/mol. The van der Waals surface area contributed by atoms with Gasteiger partial charge in [-0.25, -0.2) is 0 Å². The highest BCUT2D eigenvalue weighted by Gasteiger charge is 2.21. The molecule has 1 aromatic rings. The molecule has 1 N–H and O–H groups in total. The van der Waals surface area contributed by atoms with Gasteiger partial charge in [-0.3, -0.25) is 0 Å². The van der Waals surface area contributed by atoms with Crippen molar-refractivity contribution in [3.63, 3.8) is 0 Å². The quantitative estimate of drug-likeness (QED) is 0.742. The number of anilines is 2. The van der Waals surface area contributed by atoms with E-state index in [2.05, 4.69) is 54.9 Å². The van der Waals surface area contributed by atoms with Crippen LogP contribution in [0.5, 0.6) is 0 Å². The van der Waals surface area contributed by atoms with E-state index < -0.39 is 0 Å². The molecule has 0 bridgehead atoms. The third-order valence-electron chi connectivity index (χ3n) is 2.77. The standard InChI is InChI=1S/C13H18N2/c1-10(2)9-15-11(3)8-14-12-6-4-5-7-13(12)15/h4-7,11,14H,1,8-9H2,2-3H3. The van der Waals surface area contributed by atoms with Crippen LogP contribution in [-0.4, -0.2) is 19.1 Å². The van der Waals surface area contributed by atoms with E-state index in [-0.39, 0.29) is 0 Å². The van der Waals surface area contributed by atoms with Crippen molar-refractivity contribution < 1.29 is 0 Å². The van der Waals surface area contributed by atoms with E-state index in [1.165, 1.54) is 16.9 Å². The van der Waals surface area contributed by atoms with Crippen molar-refractivity contribution in [1.29, 1.82) is 0 Å². The molecule has 1 aliphatic heterocycles. The summed E-state index contributed by atoms with van der Waals surface area (Å²) in [5.74, 6) is 0. The maximum atomic E-state index is 3.99. The molecule has 2 nitrogen and oxygen atoms in total. The summed E-state index contributed by atoms with van der Waals surface area (Å²) in [6.07, 6.45) is 0. The number of nitrogens with zero attached hydrogens (tertiary/aromatic N) is 1. The molecular weight excluding hydrogens is 184 g/mol. The van der Waals surface area contributed by atoms with Crippen LogP contribution in [0.25, 0.3) is 0 Å². The molecule has 0 saturated heterocycles. The first-order chi connectivity index (χ1) is 7.18. The molecule has 0 aliphatic carbocycles. The first kappa shape index (κ1) is 10.1. The third-order valence-corrected chi connectivity index (χ3v) is 2.77. The topological polar surface area (TPSA) is 15.3 Å². The van der Waals surface area contributed by atoms with Crippen LogP contribution < -0.4 is 10.2 Å². The lowest BCUT2D eigenvalue weighted by molar-refractivity contribution is 0.666. The van der Waals surface area contributed by atoms with Crippen LogP contribution in [0.4, 0.5) is 11.4 Å². The van der Waals surface area contributed by atoms with E-state index in [0.717, 1.165) is 13.1 Å². The molecule has 1 unspecified atom stereocenters. The summed E-state index contributed by atoms with van der Waals surface area (Å²) < 4.78 is 0. The average molecular weight is 202 g/mol. The Kier molecular flexibility index (Phi) is 2.67. The molecule has 2 heteroatoms. The Balaban J connectivity index is 2.32. The Bertz CT molecular complexity index is 371. The number of hydrogen-bond donors (Lipinski definition) is 1. The van der Waals surface area contributed by atoms with Crippen molar-refractivity contribution in [3.8, 4) is 0 Å². The summed E-state index contributed by atoms with van der Waals surface area (Å²) in [7, 11) is 0. The molecular formula is C13H18N2. The maximum Gasteiger partial charge on any atom is 0.0607 e. The van der Waals surface area contributed by atoms with Crippen LogP contribution in [0.15, 0.2) is 36.4 Å². The van der Waals surface area contributed by atoms with Crippen LogP contribution in [-0.2, 0) is 0 Å². The molecule has 0 amide bonds. The Morgan fingerprint density at radius 2 is 2.27 bits per heavy atom. The molecule has 80 valence electrons. The lowest BCUT2D eigenvalue weighted by atomic mass is 10.1. The fourth-order valence-electron chi connectivity index (χ4n) is 2.01. The van der Waals surface area contributed by atoms with E-state index in [9.17, 15) is 0 Å². The monoisotopic (exact) mass is 202 g/mol. The van der Waals surface area contributed by atoms with Crippen LogP contribution >= 0.6 is 0 Å². The maximum absolute atomic E-state index is 3.99. The van der Waals surface area contributed by atoms with Gasteiger partial charge < -0.3 is 10.2 Å². The van der Waals surface area contributed by atoms with Gasteiger partial charge in [-0.05, 0) is 26.0 Å². The minimum absolute atomic E-state index is 0.525. The lowest BCUT2D eigenvalue weighted by Crippen LogP contribution is -2.42. The summed E-state index contributed by atoms with van der Waals surface area (Å²) in [6.45, 7) is 10.3. The summed E-state index contributed by atoms with van der Waals surface area (Å²) in [5.41, 5.74) is 3.73. The minimum Gasteiger partial charge on any atom is -0.381 e. The number of hydrogen-bond acceptors (Lipinski definition) is 2. The normalized spacial score (nSPS) is 19.3. The van der Waals surface area contributed by atoms with Crippen LogP contribution in [0.2, 0.25) is 0 Å². The first-order valence-electron chi connectivity index (χ1n) is 5.42. The van der Waals surface area contributed by atoms with Gasteiger partial charge in [0.1, 0.15) is 0 Å². The second-order valence-corrected chi connectivity index (χ2v) is 4.33. The molecule has 2 rings (SSSR count). The van der Waals surface area contributed by atoms with Crippen molar-refractivity contribution in [1.82, 2.24) is 0 Å². The number of fused-ring (bicyclic) bond motifs is 1. The van der Waals surface area contributed by atoms with Gasteiger partial charge in [0.2, 0.25) is 0 Å². The Labute approximate surface area is 91.6 Å². The second kappa shape index (κ2) is 3.97. The molecule has 1 aliphatic rings. The molecule has 15 heavy (non-hydrogen) atoms. The van der Waals surface area contributed by atoms with Gasteiger partial charge in [-0.2, -0.15) is 0 Å². The molecule has 1 heterocycles. The van der Waals surface area contributed by atoms with Gasteiger partial charge in [0.15, 0.2) is 0 Å². The molecule has 1 atom stereocenters. The zero-order valence-corrected chi connectivity index (χ0v) is 9.46. The number of para-hydroxylation sites is 2. The van der Waals surface area contributed by atoms with E-state index in [0.29, 0.717) is 6.04 Å². The van der Waals surface area contributed by atoms with Gasteiger partial charge in [0.25, 0.3) is 0 Å². The van der Waals surface area contributed by atoms with Gasteiger partial charge in [-0.1, -0.05) is 24.3 Å². The second-order valence-electron chi connectivity index (χ2n) is 4.33. The Morgan fingerprint density at radius 1 is 1.53 bits per heavy atom. The zero-order valence-electron chi connectivity index (χ0n) is 9.46. The van der Waals surface area contributed by atoms with E-state index >= 15 is 0 Å². The molecule has 1 aromatic carbocycles. The summed E-state index contributed by atoms with van der Waals surface area (Å²) >= 11 is 0. The highest BCUT2D eigenvalue weighted by atomic mass is 15.2. The molecule has 0 radical (unpaired) electrons. The average Bonchev–Trinajstić information content (AvgIpc) is 2.22. The highest BCUT2D eigenvalue weighted by molar-refractivity contribution is 5.72. The Morgan fingerprint density at radius 3 is 3.00 bits per heavy atom. The van der Waals surface area contributed by atoms with Crippen molar-refractivity contribution >= 4 is 11.4 Å². The van der Waals surface area contributed by atoms with E-state index in [1.807, 2.05) is 0 Å². The van der Waals surface area contributed by atoms with Crippen LogP contribution in [0, 0.1) is 0 Å². The number of nitrogens with one attached hydrogen (secondary N) is 1. The summed E-state index contributed by atoms with van der Waals surface area (Å²) in [4.78, 5) is 2.41. The van der Waals surface area contributed by atoms with Crippen molar-refractivity contribution in [2.75, 3.05) is 23.3 Å². The van der Waals surface area contributed by atoms with E-state index in [1.54, 1.807) is 0 Å². The van der Waals surface area contributed by atoms with Gasteiger partial charge >= 0.3 is 0 Å². The predicted octanol–water partition coefficient (Wildman–Crippen LogP) is 2.88. The molecule has 0 spiro atoms. The van der Waals surface area contributed by atoms with Crippen LogP contribution in [0.3, 0.4) is 0 Å². The lowest BCUT2D eigenvalue weighted by Gasteiger charge is -2.37. The number of benzene rings is 1. The van der Waals surface area contributed by atoms with Crippen molar-refractivity contribution in [2.45, 2.75) is 19.9 Å². The van der Waals surface area contributed by atoms with Crippen LogP contribution in [0.1, 0.15) is 13.8 Å². The van der Waals surface area contributed by atoms with E-state index in [4.69, 9.17) is 0 Å². The summed E-state index contributed by atoms with van der Waals surface area (Å²) in [5, 5.41) is 3.44. The molecule has 0 saturated carbocycles. The van der Waals surface area contributed by atoms with Crippen molar-refractivity contribution in [3.05, 3.63) is 36.4 Å². The van der Waals surface area contributed by atoms with Crippen molar-refractivity contribution in [2.24, 2.45) is 0 Å². The molecule has 0 aromatic heterocycles.